The second kappa shape index (κ2) is 6.62. The van der Waals surface area contributed by atoms with E-state index in [9.17, 15) is 0 Å². The minimum atomic E-state index is 0. The fourth-order valence-corrected chi connectivity index (χ4v) is 2.04. The molecule has 0 atom stereocenters. The molecule has 6 heteroatoms. The van der Waals surface area contributed by atoms with E-state index in [4.69, 9.17) is 0 Å². The van der Waals surface area contributed by atoms with Crippen molar-refractivity contribution in [3.05, 3.63) is 34.3 Å². The third kappa shape index (κ3) is 3.59. The number of rotatable bonds is 5. The molecule has 0 aromatic carbocycles. The monoisotopic (exact) mass is 258 g/mol. The molecule has 0 aliphatic heterocycles. The van der Waals surface area contributed by atoms with Crippen molar-refractivity contribution in [3.63, 3.8) is 0 Å². The van der Waals surface area contributed by atoms with Crippen LogP contribution in [0.25, 0.3) is 0 Å². The average molecular weight is 259 g/mol. The lowest BCUT2D eigenvalue weighted by molar-refractivity contribution is 0.671. The number of halogens is 1. The zero-order valence-corrected chi connectivity index (χ0v) is 10.7. The van der Waals surface area contributed by atoms with Crippen LogP contribution < -0.4 is 5.32 Å². The largest absolute Gasteiger partial charge is 0.347 e. The summed E-state index contributed by atoms with van der Waals surface area (Å²) in [7, 11) is 0. The number of thiazole rings is 1. The zero-order chi connectivity index (χ0) is 10.5. The minimum Gasteiger partial charge on any atom is -0.347 e. The van der Waals surface area contributed by atoms with Crippen molar-refractivity contribution >= 4 is 23.7 Å². The lowest BCUT2D eigenvalue weighted by Crippen LogP contribution is -2.13. The molecule has 0 saturated heterocycles. The topological polar surface area (TPSA) is 53.6 Å². The lowest BCUT2D eigenvalue weighted by atomic mass is 10.4. The Bertz CT molecular complexity index is 399. The Hall–Kier alpha value is -0.910. The molecule has 0 amide bonds. The molecule has 88 valence electrons. The fourth-order valence-electron chi connectivity index (χ4n) is 1.30. The smallest absolute Gasteiger partial charge is 0.0926 e. The van der Waals surface area contributed by atoms with Crippen LogP contribution in [0, 0.1) is 0 Å². The van der Waals surface area contributed by atoms with E-state index in [-0.39, 0.29) is 12.4 Å². The number of aromatic amines is 1. The average Bonchev–Trinajstić information content (AvgIpc) is 2.88. The first-order chi connectivity index (χ1) is 7.38. The quantitative estimate of drug-likeness (QED) is 0.864. The molecule has 0 saturated carbocycles. The fraction of sp³-hybridized carbons (Fsp3) is 0.400. The van der Waals surface area contributed by atoms with Gasteiger partial charge in [-0.2, -0.15) is 0 Å². The van der Waals surface area contributed by atoms with Crippen molar-refractivity contribution in [2.45, 2.75) is 26.4 Å². The number of nitrogens with zero attached hydrogens (tertiary/aromatic N) is 2. The van der Waals surface area contributed by atoms with E-state index in [0.717, 1.165) is 30.9 Å². The number of H-pyrrole nitrogens is 1. The predicted octanol–water partition coefficient (Wildman–Crippen LogP) is 2.14. The van der Waals surface area contributed by atoms with E-state index >= 15 is 0 Å². The van der Waals surface area contributed by atoms with Gasteiger partial charge in [0.25, 0.3) is 0 Å². The number of aromatic nitrogens is 3. The highest BCUT2D eigenvalue weighted by molar-refractivity contribution is 7.09. The van der Waals surface area contributed by atoms with Crippen molar-refractivity contribution in [1.29, 1.82) is 0 Å². The Kier molecular flexibility index (Phi) is 5.45. The Balaban J connectivity index is 0.00000128. The van der Waals surface area contributed by atoms with E-state index < -0.39 is 0 Å². The SMILES string of the molecule is CCc1nc(CNCc2cnc[nH]2)cs1.Cl. The van der Waals surface area contributed by atoms with Gasteiger partial charge < -0.3 is 10.3 Å². The van der Waals surface area contributed by atoms with Crippen molar-refractivity contribution < 1.29 is 0 Å². The summed E-state index contributed by atoms with van der Waals surface area (Å²) in [6.07, 6.45) is 4.53. The first kappa shape index (κ1) is 13.2. The van der Waals surface area contributed by atoms with Crippen molar-refractivity contribution in [2.75, 3.05) is 0 Å². The van der Waals surface area contributed by atoms with Crippen molar-refractivity contribution in [2.24, 2.45) is 0 Å². The molecule has 0 radical (unpaired) electrons. The molecule has 0 aliphatic carbocycles. The van der Waals surface area contributed by atoms with Crippen LogP contribution in [0.2, 0.25) is 0 Å². The first-order valence-electron chi connectivity index (χ1n) is 4.99. The Morgan fingerprint density at radius 1 is 1.44 bits per heavy atom. The summed E-state index contributed by atoms with van der Waals surface area (Å²) in [6.45, 7) is 3.75. The Morgan fingerprint density at radius 2 is 2.31 bits per heavy atom. The van der Waals surface area contributed by atoms with Crippen LogP contribution in [-0.2, 0) is 19.5 Å². The second-order valence-electron chi connectivity index (χ2n) is 3.27. The number of imidazole rings is 1. The third-order valence-corrected chi connectivity index (χ3v) is 3.12. The van der Waals surface area contributed by atoms with Crippen LogP contribution in [0.5, 0.6) is 0 Å². The van der Waals surface area contributed by atoms with Gasteiger partial charge in [-0.25, -0.2) is 9.97 Å². The molecule has 0 spiro atoms. The van der Waals surface area contributed by atoms with Gasteiger partial charge in [0, 0.05) is 30.4 Å². The van der Waals surface area contributed by atoms with Gasteiger partial charge >= 0.3 is 0 Å². The summed E-state index contributed by atoms with van der Waals surface area (Å²) in [4.78, 5) is 11.5. The molecular weight excluding hydrogens is 244 g/mol. The molecule has 4 nitrogen and oxygen atoms in total. The molecule has 0 unspecified atom stereocenters. The van der Waals surface area contributed by atoms with Gasteiger partial charge in [-0.15, -0.1) is 23.7 Å². The second-order valence-corrected chi connectivity index (χ2v) is 4.21. The summed E-state index contributed by atoms with van der Waals surface area (Å²) < 4.78 is 0. The van der Waals surface area contributed by atoms with E-state index in [1.54, 1.807) is 17.7 Å². The number of aryl methyl sites for hydroxylation is 1. The molecule has 16 heavy (non-hydrogen) atoms. The molecule has 2 heterocycles. The number of hydrogen-bond acceptors (Lipinski definition) is 4. The molecule has 2 aromatic rings. The number of nitrogens with one attached hydrogen (secondary N) is 2. The predicted molar refractivity (Wildman–Crippen MR) is 67.9 cm³/mol. The molecular formula is C10H15ClN4S. The maximum atomic E-state index is 4.48. The summed E-state index contributed by atoms with van der Waals surface area (Å²) in [5, 5.41) is 6.63. The van der Waals surface area contributed by atoms with Crippen LogP contribution in [0.1, 0.15) is 23.3 Å². The summed E-state index contributed by atoms with van der Waals surface area (Å²) in [6, 6.07) is 0. The van der Waals surface area contributed by atoms with Crippen LogP contribution in [0.15, 0.2) is 17.9 Å². The summed E-state index contributed by atoms with van der Waals surface area (Å²) in [5.41, 5.74) is 2.22. The third-order valence-electron chi connectivity index (χ3n) is 2.08. The van der Waals surface area contributed by atoms with Crippen molar-refractivity contribution in [1.82, 2.24) is 20.3 Å². The van der Waals surface area contributed by atoms with Gasteiger partial charge in [-0.1, -0.05) is 6.92 Å². The van der Waals surface area contributed by atoms with Crippen LogP contribution in [-0.4, -0.2) is 15.0 Å². The molecule has 2 aromatic heterocycles. The van der Waals surface area contributed by atoms with E-state index in [0.29, 0.717) is 0 Å². The Labute approximate surface area is 105 Å². The highest BCUT2D eigenvalue weighted by Gasteiger charge is 1.99. The molecule has 2 rings (SSSR count). The van der Waals surface area contributed by atoms with E-state index in [2.05, 4.69) is 32.6 Å². The van der Waals surface area contributed by atoms with E-state index in [1.807, 2.05) is 6.20 Å². The standard InChI is InChI=1S/C10H14N4S.ClH/c1-2-10-14-9(6-15-10)5-11-3-8-4-12-7-13-8;/h4,6-7,11H,2-3,5H2,1H3,(H,12,13);1H. The highest BCUT2D eigenvalue weighted by Crippen LogP contribution is 2.09. The highest BCUT2D eigenvalue weighted by atomic mass is 35.5. The van der Waals surface area contributed by atoms with Gasteiger partial charge in [-0.05, 0) is 6.42 Å². The maximum absolute atomic E-state index is 4.48. The number of hydrogen-bond donors (Lipinski definition) is 2. The first-order valence-corrected chi connectivity index (χ1v) is 5.87. The molecule has 0 fully saturated rings. The van der Waals surface area contributed by atoms with E-state index in [1.165, 1.54) is 5.01 Å². The van der Waals surface area contributed by atoms with Crippen LogP contribution >= 0.6 is 23.7 Å². The van der Waals surface area contributed by atoms with Gasteiger partial charge in [-0.3, -0.25) is 0 Å². The Morgan fingerprint density at radius 3 is 2.94 bits per heavy atom. The lowest BCUT2D eigenvalue weighted by Gasteiger charge is -1.99. The molecule has 2 N–H and O–H groups in total. The molecule has 0 aliphatic rings. The van der Waals surface area contributed by atoms with Gasteiger partial charge in [0.15, 0.2) is 0 Å². The summed E-state index contributed by atoms with van der Waals surface area (Å²) >= 11 is 1.73. The van der Waals surface area contributed by atoms with Gasteiger partial charge in [0.2, 0.25) is 0 Å². The minimum absolute atomic E-state index is 0. The zero-order valence-electron chi connectivity index (χ0n) is 9.06. The van der Waals surface area contributed by atoms with Crippen LogP contribution in [0.3, 0.4) is 0 Å². The van der Waals surface area contributed by atoms with Crippen LogP contribution in [0.4, 0.5) is 0 Å². The van der Waals surface area contributed by atoms with Gasteiger partial charge in [0.05, 0.1) is 17.0 Å². The van der Waals surface area contributed by atoms with Crippen molar-refractivity contribution in [3.8, 4) is 0 Å². The summed E-state index contributed by atoms with van der Waals surface area (Å²) in [5.74, 6) is 0. The molecule has 0 bridgehead atoms. The van der Waals surface area contributed by atoms with Gasteiger partial charge in [0.1, 0.15) is 0 Å². The maximum Gasteiger partial charge on any atom is 0.0926 e. The normalized spacial score (nSPS) is 10.1.